The van der Waals surface area contributed by atoms with Gasteiger partial charge in [-0.15, -0.1) is 0 Å². The number of nitrogens with one attached hydrogen (secondary N) is 1. The predicted molar refractivity (Wildman–Crippen MR) is 115 cm³/mol. The van der Waals surface area contributed by atoms with Crippen LogP contribution in [0.25, 0.3) is 6.08 Å². The number of aliphatic hydroxyl groups excluding tert-OH is 1. The minimum absolute atomic E-state index is 0.240. The van der Waals surface area contributed by atoms with Crippen LogP contribution < -0.4 is 10.1 Å². The SMILES string of the molecule is COc1cccc(/C=C2\SC(=O)N(CC(=O)NC(CO)Cc3ccccc3)C2=O)c1. The first-order valence-corrected chi connectivity index (χ1v) is 10.2. The van der Waals surface area contributed by atoms with E-state index in [1.165, 1.54) is 0 Å². The smallest absolute Gasteiger partial charge is 0.294 e. The van der Waals surface area contributed by atoms with Crippen LogP contribution in [0.4, 0.5) is 4.79 Å². The van der Waals surface area contributed by atoms with E-state index in [9.17, 15) is 19.5 Å². The number of benzene rings is 2. The Kier molecular flexibility index (Phi) is 7.26. The molecule has 1 aliphatic heterocycles. The second kappa shape index (κ2) is 10.1. The fourth-order valence-electron chi connectivity index (χ4n) is 3.00. The Balaban J connectivity index is 1.63. The highest BCUT2D eigenvalue weighted by Crippen LogP contribution is 2.32. The number of ether oxygens (including phenoxy) is 1. The number of thioether (sulfide) groups is 1. The van der Waals surface area contributed by atoms with Crippen LogP contribution in [0.2, 0.25) is 0 Å². The zero-order valence-electron chi connectivity index (χ0n) is 16.4. The zero-order chi connectivity index (χ0) is 21.5. The second-order valence-corrected chi connectivity index (χ2v) is 7.67. The molecule has 156 valence electrons. The van der Waals surface area contributed by atoms with E-state index in [0.29, 0.717) is 17.7 Å². The second-order valence-electron chi connectivity index (χ2n) is 6.68. The Morgan fingerprint density at radius 2 is 1.97 bits per heavy atom. The molecule has 2 aromatic carbocycles. The molecule has 2 N–H and O–H groups in total. The van der Waals surface area contributed by atoms with Gasteiger partial charge < -0.3 is 15.2 Å². The third kappa shape index (κ3) is 5.49. The van der Waals surface area contributed by atoms with E-state index >= 15 is 0 Å². The van der Waals surface area contributed by atoms with Crippen molar-refractivity contribution in [2.24, 2.45) is 0 Å². The lowest BCUT2D eigenvalue weighted by Gasteiger charge is -2.18. The van der Waals surface area contributed by atoms with E-state index < -0.39 is 29.6 Å². The quantitative estimate of drug-likeness (QED) is 0.630. The predicted octanol–water partition coefficient (Wildman–Crippen LogP) is 2.45. The fourth-order valence-corrected chi connectivity index (χ4v) is 3.83. The van der Waals surface area contributed by atoms with Gasteiger partial charge in [0, 0.05) is 0 Å². The lowest BCUT2D eigenvalue weighted by molar-refractivity contribution is -0.129. The van der Waals surface area contributed by atoms with Gasteiger partial charge in [0.1, 0.15) is 12.3 Å². The monoisotopic (exact) mass is 426 g/mol. The average molecular weight is 426 g/mol. The third-order valence-electron chi connectivity index (χ3n) is 4.48. The highest BCUT2D eigenvalue weighted by Gasteiger charge is 2.36. The molecule has 30 heavy (non-hydrogen) atoms. The van der Waals surface area contributed by atoms with Gasteiger partial charge in [-0.1, -0.05) is 42.5 Å². The standard InChI is InChI=1S/C22H22N2O5S/c1-29-18-9-5-8-16(11-18)12-19-21(27)24(22(28)30-19)13-20(26)23-17(14-25)10-15-6-3-2-4-7-15/h2-9,11-12,17,25H,10,13-14H2,1H3,(H,23,26)/b19-12-. The van der Waals surface area contributed by atoms with Crippen molar-refractivity contribution in [2.45, 2.75) is 12.5 Å². The van der Waals surface area contributed by atoms with Gasteiger partial charge in [0.15, 0.2) is 0 Å². The van der Waals surface area contributed by atoms with E-state index in [4.69, 9.17) is 4.74 Å². The first kappa shape index (κ1) is 21.6. The van der Waals surface area contributed by atoms with Gasteiger partial charge in [-0.05, 0) is 47.5 Å². The van der Waals surface area contributed by atoms with Gasteiger partial charge >= 0.3 is 0 Å². The lowest BCUT2D eigenvalue weighted by Crippen LogP contribution is -2.45. The molecule has 1 heterocycles. The van der Waals surface area contributed by atoms with Gasteiger partial charge in [0.25, 0.3) is 11.1 Å². The van der Waals surface area contributed by atoms with Crippen LogP contribution >= 0.6 is 11.8 Å². The molecular weight excluding hydrogens is 404 g/mol. The highest BCUT2D eigenvalue weighted by atomic mass is 32.2. The minimum Gasteiger partial charge on any atom is -0.497 e. The summed E-state index contributed by atoms with van der Waals surface area (Å²) in [4.78, 5) is 38.4. The summed E-state index contributed by atoms with van der Waals surface area (Å²) in [7, 11) is 1.54. The summed E-state index contributed by atoms with van der Waals surface area (Å²) in [5.74, 6) is -0.391. The molecule has 0 radical (unpaired) electrons. The molecule has 2 aromatic rings. The van der Waals surface area contributed by atoms with Crippen LogP contribution in [0.15, 0.2) is 59.5 Å². The van der Waals surface area contributed by atoms with Crippen LogP contribution in [-0.4, -0.2) is 53.4 Å². The number of hydrogen-bond acceptors (Lipinski definition) is 6. The van der Waals surface area contributed by atoms with E-state index in [-0.39, 0.29) is 11.5 Å². The highest BCUT2D eigenvalue weighted by molar-refractivity contribution is 8.18. The molecule has 3 rings (SSSR count). The molecule has 1 unspecified atom stereocenters. The van der Waals surface area contributed by atoms with Crippen molar-refractivity contribution in [3.63, 3.8) is 0 Å². The molecule has 0 aliphatic carbocycles. The normalized spacial score (nSPS) is 16.1. The Morgan fingerprint density at radius 1 is 1.20 bits per heavy atom. The molecule has 1 aliphatic rings. The molecule has 3 amide bonds. The fraction of sp³-hybridized carbons (Fsp3) is 0.227. The molecule has 0 spiro atoms. The number of aliphatic hydroxyl groups is 1. The number of methoxy groups -OCH3 is 1. The van der Waals surface area contributed by atoms with Crippen molar-refractivity contribution >= 4 is 34.9 Å². The molecule has 0 aromatic heterocycles. The Morgan fingerprint density at radius 3 is 2.67 bits per heavy atom. The number of imide groups is 1. The van der Waals surface area contributed by atoms with Crippen molar-refractivity contribution < 1.29 is 24.2 Å². The summed E-state index contributed by atoms with van der Waals surface area (Å²) in [6, 6.07) is 16.0. The number of nitrogens with zero attached hydrogens (tertiary/aromatic N) is 1. The van der Waals surface area contributed by atoms with Crippen molar-refractivity contribution in [3.8, 4) is 5.75 Å². The van der Waals surface area contributed by atoms with E-state index in [1.807, 2.05) is 30.3 Å². The molecule has 8 heteroatoms. The lowest BCUT2D eigenvalue weighted by atomic mass is 10.1. The molecule has 1 atom stereocenters. The molecule has 1 fully saturated rings. The van der Waals surface area contributed by atoms with Gasteiger partial charge in [0.2, 0.25) is 5.91 Å². The minimum atomic E-state index is -0.522. The Labute approximate surface area is 178 Å². The van der Waals surface area contributed by atoms with E-state index in [0.717, 1.165) is 22.2 Å². The Hall–Kier alpha value is -3.10. The summed E-state index contributed by atoms with van der Waals surface area (Å²) in [5, 5.41) is 11.7. The van der Waals surface area contributed by atoms with Gasteiger partial charge in [-0.2, -0.15) is 0 Å². The van der Waals surface area contributed by atoms with E-state index in [2.05, 4.69) is 5.32 Å². The average Bonchev–Trinajstić information content (AvgIpc) is 3.01. The molecule has 1 saturated heterocycles. The maximum absolute atomic E-state index is 12.6. The molecule has 7 nitrogen and oxygen atoms in total. The van der Waals surface area contributed by atoms with Crippen molar-refractivity contribution in [3.05, 3.63) is 70.6 Å². The van der Waals surface area contributed by atoms with E-state index in [1.54, 1.807) is 37.5 Å². The molecule has 0 saturated carbocycles. The largest absolute Gasteiger partial charge is 0.497 e. The third-order valence-corrected chi connectivity index (χ3v) is 5.38. The van der Waals surface area contributed by atoms with Gasteiger partial charge in [-0.25, -0.2) is 0 Å². The topological polar surface area (TPSA) is 95.9 Å². The summed E-state index contributed by atoms with van der Waals surface area (Å²) in [6.45, 7) is -0.649. The zero-order valence-corrected chi connectivity index (χ0v) is 17.2. The van der Waals surface area contributed by atoms with Gasteiger partial charge in [0.05, 0.1) is 24.7 Å². The number of rotatable bonds is 8. The van der Waals surface area contributed by atoms with Crippen LogP contribution in [0.3, 0.4) is 0 Å². The summed E-state index contributed by atoms with van der Waals surface area (Å²) < 4.78 is 5.16. The number of amides is 3. The summed E-state index contributed by atoms with van der Waals surface area (Å²) >= 11 is 0.788. The summed E-state index contributed by atoms with van der Waals surface area (Å²) in [6.07, 6.45) is 2.04. The first-order chi connectivity index (χ1) is 14.5. The van der Waals surface area contributed by atoms with Crippen LogP contribution in [-0.2, 0) is 16.0 Å². The van der Waals surface area contributed by atoms with Gasteiger partial charge in [-0.3, -0.25) is 19.3 Å². The van der Waals surface area contributed by atoms with Crippen molar-refractivity contribution in [2.75, 3.05) is 20.3 Å². The van der Waals surface area contributed by atoms with Crippen LogP contribution in [0.1, 0.15) is 11.1 Å². The molecular formula is C22H22N2O5S. The first-order valence-electron chi connectivity index (χ1n) is 9.33. The maximum atomic E-state index is 12.6. The number of hydrogen-bond donors (Lipinski definition) is 2. The van der Waals surface area contributed by atoms with Crippen LogP contribution in [0, 0.1) is 0 Å². The van der Waals surface area contributed by atoms with Crippen molar-refractivity contribution in [1.82, 2.24) is 10.2 Å². The summed E-state index contributed by atoms with van der Waals surface area (Å²) in [5.41, 5.74) is 1.68. The number of carbonyl (C=O) groups is 3. The Bertz CT molecular complexity index is 961. The molecule has 0 bridgehead atoms. The van der Waals surface area contributed by atoms with Crippen molar-refractivity contribution in [1.29, 1.82) is 0 Å². The maximum Gasteiger partial charge on any atom is 0.294 e. The number of carbonyl (C=O) groups excluding carboxylic acids is 3. The van der Waals surface area contributed by atoms with Crippen LogP contribution in [0.5, 0.6) is 5.75 Å².